The number of aldehydes is 1. The van der Waals surface area contributed by atoms with Crippen molar-refractivity contribution in [1.29, 1.82) is 0 Å². The Hall–Kier alpha value is -3.60. The first-order chi connectivity index (χ1) is 13.6. The Kier molecular flexibility index (Phi) is 6.07. The zero-order chi connectivity index (χ0) is 19.9. The molecule has 0 aromatic heterocycles. The smallest absolute Gasteiger partial charge is 0.347 e. The first kappa shape index (κ1) is 19.2. The second-order valence-electron chi connectivity index (χ2n) is 6.09. The molecule has 3 aromatic carbocycles. The summed E-state index contributed by atoms with van der Waals surface area (Å²) in [5.41, 5.74) is 1.84. The molecule has 0 aliphatic carbocycles. The highest BCUT2D eigenvalue weighted by Crippen LogP contribution is 2.34. The van der Waals surface area contributed by atoms with E-state index in [9.17, 15) is 9.59 Å². The maximum Gasteiger partial charge on any atom is 0.347 e. The minimum Gasteiger partial charge on any atom is -0.496 e. The van der Waals surface area contributed by atoms with Gasteiger partial charge in [-0.1, -0.05) is 48.5 Å². The van der Waals surface area contributed by atoms with E-state index < -0.39 is 5.97 Å². The molecular formula is C23H20O5. The molecule has 0 N–H and O–H groups in total. The molecule has 0 aliphatic rings. The van der Waals surface area contributed by atoms with E-state index in [1.807, 2.05) is 36.4 Å². The Labute approximate surface area is 163 Å². The lowest BCUT2D eigenvalue weighted by Gasteiger charge is -2.18. The minimum absolute atomic E-state index is 0.168. The number of carbonyl (C=O) groups excluding carboxylic acids is 2. The van der Waals surface area contributed by atoms with E-state index in [2.05, 4.69) is 0 Å². The minimum atomic E-state index is -0.617. The van der Waals surface area contributed by atoms with Crippen LogP contribution in [0.3, 0.4) is 0 Å². The Morgan fingerprint density at radius 3 is 2.25 bits per heavy atom. The molecule has 0 spiro atoms. The van der Waals surface area contributed by atoms with Gasteiger partial charge in [0.05, 0.1) is 12.7 Å². The van der Waals surface area contributed by atoms with Crippen LogP contribution in [-0.4, -0.2) is 19.4 Å². The number of hydrogen-bond acceptors (Lipinski definition) is 5. The highest BCUT2D eigenvalue weighted by Gasteiger charge is 2.25. The van der Waals surface area contributed by atoms with Crippen molar-refractivity contribution in [3.63, 3.8) is 0 Å². The van der Waals surface area contributed by atoms with Crippen molar-refractivity contribution in [2.75, 3.05) is 7.11 Å². The van der Waals surface area contributed by atoms with Gasteiger partial charge in [-0.15, -0.1) is 0 Å². The van der Waals surface area contributed by atoms with Gasteiger partial charge in [-0.3, -0.25) is 4.79 Å². The summed E-state index contributed by atoms with van der Waals surface area (Å²) in [6.45, 7) is 1.93. The molecule has 0 radical (unpaired) electrons. The van der Waals surface area contributed by atoms with Crippen LogP contribution in [0.25, 0.3) is 0 Å². The Balaban J connectivity index is 2.01. The van der Waals surface area contributed by atoms with Crippen molar-refractivity contribution in [2.24, 2.45) is 0 Å². The molecule has 0 atom stereocenters. The molecule has 0 heterocycles. The second-order valence-corrected chi connectivity index (χ2v) is 6.09. The zero-order valence-electron chi connectivity index (χ0n) is 15.7. The fraction of sp³-hybridized carbons (Fsp3) is 0.130. The van der Waals surface area contributed by atoms with Crippen LogP contribution in [0.1, 0.15) is 31.8 Å². The molecule has 0 aliphatic heterocycles. The lowest BCUT2D eigenvalue weighted by molar-refractivity contribution is 0.0728. The van der Waals surface area contributed by atoms with Crippen molar-refractivity contribution in [2.45, 2.75) is 13.5 Å². The van der Waals surface area contributed by atoms with Crippen LogP contribution in [0.4, 0.5) is 0 Å². The fourth-order valence-electron chi connectivity index (χ4n) is 2.83. The van der Waals surface area contributed by atoms with Crippen LogP contribution in [0.5, 0.6) is 17.2 Å². The molecule has 142 valence electrons. The largest absolute Gasteiger partial charge is 0.496 e. The normalized spacial score (nSPS) is 10.2. The standard InChI is InChI=1S/C23H20O5/c1-16-20(26-2)13-18(14-24)22(27-15-17-9-5-3-6-10-17)21(16)23(25)28-19-11-7-4-8-12-19/h3-14H,15H2,1-2H3. The quantitative estimate of drug-likeness (QED) is 0.342. The van der Waals surface area contributed by atoms with Crippen LogP contribution in [0.15, 0.2) is 66.7 Å². The SMILES string of the molecule is COc1cc(C=O)c(OCc2ccccc2)c(C(=O)Oc2ccccc2)c1C. The van der Waals surface area contributed by atoms with Gasteiger partial charge in [0.15, 0.2) is 6.29 Å². The number of carbonyl (C=O) groups is 2. The Morgan fingerprint density at radius 1 is 1.00 bits per heavy atom. The monoisotopic (exact) mass is 376 g/mol. The summed E-state index contributed by atoms with van der Waals surface area (Å²) in [6, 6.07) is 19.8. The lowest BCUT2D eigenvalue weighted by atomic mass is 10.0. The Bertz CT molecular complexity index is 965. The molecule has 0 saturated carbocycles. The molecule has 28 heavy (non-hydrogen) atoms. The van der Waals surface area contributed by atoms with Gasteiger partial charge < -0.3 is 14.2 Å². The van der Waals surface area contributed by atoms with E-state index in [1.165, 1.54) is 7.11 Å². The van der Waals surface area contributed by atoms with Crippen molar-refractivity contribution in [3.8, 4) is 17.2 Å². The molecule has 0 unspecified atom stereocenters. The van der Waals surface area contributed by atoms with Crippen molar-refractivity contribution in [1.82, 2.24) is 0 Å². The van der Waals surface area contributed by atoms with Gasteiger partial charge in [0, 0.05) is 5.56 Å². The molecule has 3 rings (SSSR count). The number of benzene rings is 3. The van der Waals surface area contributed by atoms with Crippen molar-refractivity contribution in [3.05, 3.63) is 89.0 Å². The first-order valence-corrected chi connectivity index (χ1v) is 8.74. The first-order valence-electron chi connectivity index (χ1n) is 8.74. The van der Waals surface area contributed by atoms with E-state index in [4.69, 9.17) is 14.2 Å². The molecule has 0 amide bonds. The van der Waals surface area contributed by atoms with Crippen LogP contribution in [-0.2, 0) is 6.61 Å². The highest BCUT2D eigenvalue weighted by atomic mass is 16.5. The van der Waals surface area contributed by atoms with E-state index >= 15 is 0 Å². The van der Waals surface area contributed by atoms with Gasteiger partial charge in [-0.05, 0) is 30.7 Å². The van der Waals surface area contributed by atoms with E-state index in [-0.39, 0.29) is 23.5 Å². The second kappa shape index (κ2) is 8.86. The third kappa shape index (κ3) is 4.20. The molecule has 0 bridgehead atoms. The van der Waals surface area contributed by atoms with Crippen LogP contribution < -0.4 is 14.2 Å². The highest BCUT2D eigenvalue weighted by molar-refractivity contribution is 6.00. The topological polar surface area (TPSA) is 61.8 Å². The predicted octanol–water partition coefficient (Wildman–Crippen LogP) is 4.61. The number of hydrogen-bond donors (Lipinski definition) is 0. The van der Waals surface area contributed by atoms with Gasteiger partial charge in [-0.25, -0.2) is 4.79 Å². The van der Waals surface area contributed by atoms with Crippen molar-refractivity contribution < 1.29 is 23.8 Å². The summed E-state index contributed by atoms with van der Waals surface area (Å²) in [5, 5.41) is 0. The van der Waals surface area contributed by atoms with Crippen molar-refractivity contribution >= 4 is 12.3 Å². The maximum atomic E-state index is 12.9. The molecule has 0 saturated heterocycles. The summed E-state index contributed by atoms with van der Waals surface area (Å²) in [4.78, 5) is 24.6. The summed E-state index contributed by atoms with van der Waals surface area (Å²) >= 11 is 0. The van der Waals surface area contributed by atoms with E-state index in [1.54, 1.807) is 37.3 Å². The molecule has 5 nitrogen and oxygen atoms in total. The third-order valence-corrected chi connectivity index (χ3v) is 4.25. The average Bonchev–Trinajstić information content (AvgIpc) is 2.73. The Morgan fingerprint density at radius 2 is 1.64 bits per heavy atom. The summed E-state index contributed by atoms with van der Waals surface area (Å²) < 4.78 is 16.7. The summed E-state index contributed by atoms with van der Waals surface area (Å²) in [7, 11) is 1.48. The van der Waals surface area contributed by atoms with Gasteiger partial charge in [0.1, 0.15) is 29.4 Å². The molecule has 0 fully saturated rings. The average molecular weight is 376 g/mol. The number of methoxy groups -OCH3 is 1. The van der Waals surface area contributed by atoms with Gasteiger partial charge in [-0.2, -0.15) is 0 Å². The molecule has 5 heteroatoms. The van der Waals surface area contributed by atoms with Crippen LogP contribution in [0.2, 0.25) is 0 Å². The van der Waals surface area contributed by atoms with Crippen LogP contribution in [0, 0.1) is 6.92 Å². The fourth-order valence-corrected chi connectivity index (χ4v) is 2.83. The van der Waals surface area contributed by atoms with Gasteiger partial charge in [0.25, 0.3) is 0 Å². The van der Waals surface area contributed by atoms with Crippen LogP contribution >= 0.6 is 0 Å². The molecular weight excluding hydrogens is 356 g/mol. The van der Waals surface area contributed by atoms with Gasteiger partial charge >= 0.3 is 5.97 Å². The predicted molar refractivity (Wildman–Crippen MR) is 105 cm³/mol. The third-order valence-electron chi connectivity index (χ3n) is 4.25. The number of rotatable bonds is 7. The number of ether oxygens (including phenoxy) is 3. The number of para-hydroxylation sites is 1. The summed E-state index contributed by atoms with van der Waals surface area (Å²) in [6.07, 6.45) is 0.640. The zero-order valence-corrected chi connectivity index (χ0v) is 15.7. The lowest BCUT2D eigenvalue weighted by Crippen LogP contribution is -2.15. The summed E-state index contributed by atoms with van der Waals surface area (Å²) in [5.74, 6) is 0.373. The number of esters is 1. The van der Waals surface area contributed by atoms with E-state index in [0.717, 1.165) is 5.56 Å². The maximum absolute atomic E-state index is 12.9. The van der Waals surface area contributed by atoms with E-state index in [0.29, 0.717) is 23.3 Å². The molecule has 3 aromatic rings. The van der Waals surface area contributed by atoms with Gasteiger partial charge in [0.2, 0.25) is 0 Å².